The summed E-state index contributed by atoms with van der Waals surface area (Å²) in [5.74, 6) is 0.662. The van der Waals surface area contributed by atoms with Gasteiger partial charge in [0, 0.05) is 19.0 Å². The fourth-order valence-electron chi connectivity index (χ4n) is 2.10. The van der Waals surface area contributed by atoms with Crippen molar-refractivity contribution in [1.29, 1.82) is 0 Å². The van der Waals surface area contributed by atoms with Gasteiger partial charge in [0.1, 0.15) is 10.7 Å². The quantitative estimate of drug-likeness (QED) is 0.861. The van der Waals surface area contributed by atoms with E-state index in [4.69, 9.17) is 0 Å². The van der Waals surface area contributed by atoms with Crippen molar-refractivity contribution in [1.82, 2.24) is 4.98 Å². The summed E-state index contributed by atoms with van der Waals surface area (Å²) in [6.45, 7) is 0.415. The van der Waals surface area contributed by atoms with Crippen molar-refractivity contribution in [2.45, 2.75) is 11.3 Å². The van der Waals surface area contributed by atoms with Gasteiger partial charge in [-0.25, -0.2) is 21.8 Å². The van der Waals surface area contributed by atoms with Crippen LogP contribution in [0.4, 0.5) is 5.82 Å². The number of anilines is 1. The third-order valence-electron chi connectivity index (χ3n) is 3.06. The lowest BCUT2D eigenvalue weighted by molar-refractivity contribution is 0.593. The van der Waals surface area contributed by atoms with Gasteiger partial charge >= 0.3 is 0 Å². The Hall–Kier alpha value is -1.15. The van der Waals surface area contributed by atoms with Gasteiger partial charge in [-0.05, 0) is 24.5 Å². The molecule has 0 spiro atoms. The van der Waals surface area contributed by atoms with E-state index in [-0.39, 0.29) is 28.1 Å². The lowest BCUT2D eigenvalue weighted by atomic mass is 10.1. The molecule has 0 bridgehead atoms. The summed E-state index contributed by atoms with van der Waals surface area (Å²) >= 11 is 0. The molecule has 1 aliphatic heterocycles. The topological polar surface area (TPSA) is 93.2 Å². The number of aromatic nitrogens is 1. The van der Waals surface area contributed by atoms with E-state index in [1.165, 1.54) is 12.3 Å². The Morgan fingerprint density at radius 3 is 2.79 bits per heavy atom. The zero-order valence-electron chi connectivity index (χ0n) is 10.5. The van der Waals surface area contributed by atoms with Crippen molar-refractivity contribution >= 4 is 25.5 Å². The number of pyridine rings is 1. The maximum Gasteiger partial charge on any atom is 0.179 e. The molecule has 8 heteroatoms. The Kier molecular flexibility index (Phi) is 3.82. The molecular formula is C11H16N2O4S2. The molecule has 1 N–H and O–H groups in total. The Morgan fingerprint density at radius 2 is 2.21 bits per heavy atom. The van der Waals surface area contributed by atoms with Crippen molar-refractivity contribution in [3.63, 3.8) is 0 Å². The van der Waals surface area contributed by atoms with Crippen molar-refractivity contribution in [2.24, 2.45) is 5.92 Å². The third-order valence-corrected chi connectivity index (χ3v) is 6.02. The van der Waals surface area contributed by atoms with Crippen LogP contribution in [-0.4, -0.2) is 46.1 Å². The summed E-state index contributed by atoms with van der Waals surface area (Å²) in [6.07, 6.45) is 3.23. The van der Waals surface area contributed by atoms with Crippen molar-refractivity contribution in [2.75, 3.05) is 29.6 Å². The number of hydrogen-bond acceptors (Lipinski definition) is 6. The summed E-state index contributed by atoms with van der Waals surface area (Å²) in [7, 11) is -6.26. The SMILES string of the molecule is CS(=O)(=O)c1cccnc1NCC1CCS(=O)(=O)C1. The largest absolute Gasteiger partial charge is 0.369 e. The van der Waals surface area contributed by atoms with E-state index in [0.29, 0.717) is 13.0 Å². The van der Waals surface area contributed by atoms with E-state index in [2.05, 4.69) is 10.3 Å². The van der Waals surface area contributed by atoms with Crippen molar-refractivity contribution in [3.8, 4) is 0 Å². The third kappa shape index (κ3) is 3.66. The minimum Gasteiger partial charge on any atom is -0.369 e. The average molecular weight is 304 g/mol. The van der Waals surface area contributed by atoms with E-state index >= 15 is 0 Å². The zero-order valence-corrected chi connectivity index (χ0v) is 12.2. The Morgan fingerprint density at radius 1 is 1.47 bits per heavy atom. The van der Waals surface area contributed by atoms with Crippen LogP contribution in [0, 0.1) is 5.92 Å². The normalized spacial score (nSPS) is 22.3. The van der Waals surface area contributed by atoms with Crippen LogP contribution in [-0.2, 0) is 19.7 Å². The van der Waals surface area contributed by atoms with Gasteiger partial charge in [0.15, 0.2) is 19.7 Å². The van der Waals surface area contributed by atoms with Gasteiger partial charge in [-0.3, -0.25) is 0 Å². The summed E-state index contributed by atoms with van der Waals surface area (Å²) in [5.41, 5.74) is 0. The molecule has 0 radical (unpaired) electrons. The first kappa shape index (κ1) is 14.3. The van der Waals surface area contributed by atoms with E-state index in [1.807, 2.05) is 0 Å². The molecule has 106 valence electrons. The van der Waals surface area contributed by atoms with Crippen LogP contribution in [0.5, 0.6) is 0 Å². The maximum absolute atomic E-state index is 11.6. The van der Waals surface area contributed by atoms with Crippen LogP contribution in [0.15, 0.2) is 23.2 Å². The Labute approximate surface area is 113 Å². The molecule has 1 saturated heterocycles. The highest BCUT2D eigenvalue weighted by atomic mass is 32.2. The molecule has 19 heavy (non-hydrogen) atoms. The lowest BCUT2D eigenvalue weighted by Gasteiger charge is -2.12. The maximum atomic E-state index is 11.6. The molecule has 0 aromatic carbocycles. The molecule has 1 aromatic rings. The molecule has 0 amide bonds. The van der Waals surface area contributed by atoms with Crippen LogP contribution < -0.4 is 5.32 Å². The van der Waals surface area contributed by atoms with E-state index in [0.717, 1.165) is 6.26 Å². The van der Waals surface area contributed by atoms with Gasteiger partial charge in [0.05, 0.1) is 11.5 Å². The molecular weight excluding hydrogens is 288 g/mol. The highest BCUT2D eigenvalue weighted by molar-refractivity contribution is 7.91. The molecule has 2 heterocycles. The molecule has 1 fully saturated rings. The highest BCUT2D eigenvalue weighted by Crippen LogP contribution is 2.21. The van der Waals surface area contributed by atoms with E-state index in [1.54, 1.807) is 6.07 Å². The van der Waals surface area contributed by atoms with Crippen LogP contribution >= 0.6 is 0 Å². The zero-order chi connectivity index (χ0) is 14.1. The predicted molar refractivity (Wildman–Crippen MR) is 72.6 cm³/mol. The second kappa shape index (κ2) is 5.09. The number of hydrogen-bond donors (Lipinski definition) is 1. The number of rotatable bonds is 4. The fraction of sp³-hybridized carbons (Fsp3) is 0.545. The number of sulfone groups is 2. The second-order valence-corrected chi connectivity index (χ2v) is 8.99. The molecule has 1 aliphatic rings. The highest BCUT2D eigenvalue weighted by Gasteiger charge is 2.28. The van der Waals surface area contributed by atoms with Gasteiger partial charge < -0.3 is 5.32 Å². The molecule has 2 rings (SSSR count). The Bertz CT molecular complexity index is 668. The lowest BCUT2D eigenvalue weighted by Crippen LogP contribution is -2.17. The molecule has 1 aromatic heterocycles. The monoisotopic (exact) mass is 304 g/mol. The van der Waals surface area contributed by atoms with Crippen LogP contribution in [0.2, 0.25) is 0 Å². The first-order valence-corrected chi connectivity index (χ1v) is 9.58. The molecule has 1 unspecified atom stereocenters. The minimum absolute atomic E-state index is 0.0133. The molecule has 0 aliphatic carbocycles. The van der Waals surface area contributed by atoms with Crippen LogP contribution in [0.25, 0.3) is 0 Å². The molecule has 1 atom stereocenters. The van der Waals surface area contributed by atoms with Crippen LogP contribution in [0.3, 0.4) is 0 Å². The minimum atomic E-state index is -3.35. The summed E-state index contributed by atoms with van der Waals surface area (Å²) in [5, 5.41) is 2.94. The summed E-state index contributed by atoms with van der Waals surface area (Å²) in [4.78, 5) is 4.14. The number of nitrogens with one attached hydrogen (secondary N) is 1. The number of nitrogens with zero attached hydrogens (tertiary/aromatic N) is 1. The van der Waals surface area contributed by atoms with E-state index in [9.17, 15) is 16.8 Å². The van der Waals surface area contributed by atoms with Gasteiger partial charge in [0.25, 0.3) is 0 Å². The van der Waals surface area contributed by atoms with Gasteiger partial charge in [-0.1, -0.05) is 0 Å². The van der Waals surface area contributed by atoms with Crippen molar-refractivity contribution in [3.05, 3.63) is 18.3 Å². The van der Waals surface area contributed by atoms with Crippen LogP contribution in [0.1, 0.15) is 6.42 Å². The van der Waals surface area contributed by atoms with Gasteiger partial charge in [-0.15, -0.1) is 0 Å². The predicted octanol–water partition coefficient (Wildman–Crippen LogP) is 0.332. The van der Waals surface area contributed by atoms with Gasteiger partial charge in [0.2, 0.25) is 0 Å². The molecule has 6 nitrogen and oxygen atoms in total. The second-order valence-electron chi connectivity index (χ2n) is 4.77. The van der Waals surface area contributed by atoms with Crippen molar-refractivity contribution < 1.29 is 16.8 Å². The van der Waals surface area contributed by atoms with E-state index < -0.39 is 19.7 Å². The average Bonchev–Trinajstić information content (AvgIpc) is 2.66. The summed E-state index contributed by atoms with van der Waals surface area (Å²) in [6, 6.07) is 3.04. The Balaban J connectivity index is 2.09. The summed E-state index contributed by atoms with van der Waals surface area (Å²) < 4.78 is 45.8. The fourth-order valence-corrected chi connectivity index (χ4v) is 4.76. The first-order valence-electron chi connectivity index (χ1n) is 5.87. The first-order chi connectivity index (χ1) is 8.78. The standard InChI is InChI=1S/C11H16N2O4S2/c1-18(14,15)10-3-2-5-12-11(10)13-7-9-4-6-19(16,17)8-9/h2-3,5,9H,4,6-8H2,1H3,(H,12,13). The smallest absolute Gasteiger partial charge is 0.179 e. The molecule has 0 saturated carbocycles. The van der Waals surface area contributed by atoms with Gasteiger partial charge in [-0.2, -0.15) is 0 Å².